The van der Waals surface area contributed by atoms with Gasteiger partial charge in [0.15, 0.2) is 0 Å². The van der Waals surface area contributed by atoms with Gasteiger partial charge < -0.3 is 10.6 Å². The quantitative estimate of drug-likeness (QED) is 0.768. The maximum Gasteiger partial charge on any atom is 0.132 e. The van der Waals surface area contributed by atoms with Gasteiger partial charge in [0, 0.05) is 25.3 Å². The number of anilines is 1. The van der Waals surface area contributed by atoms with E-state index in [1.807, 2.05) is 6.07 Å². The molecule has 0 aromatic carbocycles. The molecule has 4 heteroatoms. The molecule has 4 nitrogen and oxygen atoms in total. The van der Waals surface area contributed by atoms with E-state index in [9.17, 15) is 0 Å². The molecule has 1 heterocycles. The zero-order chi connectivity index (χ0) is 11.1. The molecule has 0 saturated carbocycles. The Hall–Kier alpha value is -1.16. The summed E-state index contributed by atoms with van der Waals surface area (Å²) in [6.07, 6.45) is 5.58. The summed E-state index contributed by atoms with van der Waals surface area (Å²) in [5, 5.41) is 0. The van der Waals surface area contributed by atoms with Gasteiger partial charge in [0.1, 0.15) is 12.1 Å². The Kier molecular flexibility index (Phi) is 5.04. The van der Waals surface area contributed by atoms with Gasteiger partial charge in [0.25, 0.3) is 0 Å². The molecule has 0 saturated heterocycles. The van der Waals surface area contributed by atoms with Crippen LogP contribution in [-0.2, 0) is 0 Å². The van der Waals surface area contributed by atoms with Gasteiger partial charge in [-0.2, -0.15) is 0 Å². The van der Waals surface area contributed by atoms with Gasteiger partial charge in [-0.15, -0.1) is 0 Å². The lowest BCUT2D eigenvalue weighted by atomic mass is 10.1. The highest BCUT2D eigenvalue weighted by Crippen LogP contribution is 2.16. The van der Waals surface area contributed by atoms with Crippen molar-refractivity contribution in [1.82, 2.24) is 9.97 Å². The molecular weight excluding hydrogens is 188 g/mol. The summed E-state index contributed by atoms with van der Waals surface area (Å²) in [5.41, 5.74) is 5.63. The predicted octanol–water partition coefficient (Wildman–Crippen LogP) is 1.43. The molecule has 0 unspecified atom stereocenters. The van der Waals surface area contributed by atoms with E-state index < -0.39 is 0 Å². The van der Waals surface area contributed by atoms with Crippen molar-refractivity contribution in [2.24, 2.45) is 5.73 Å². The van der Waals surface area contributed by atoms with Crippen LogP contribution in [0.15, 0.2) is 18.6 Å². The highest BCUT2D eigenvalue weighted by atomic mass is 15.2. The summed E-state index contributed by atoms with van der Waals surface area (Å²) in [6, 6.07) is 2.46. The van der Waals surface area contributed by atoms with Crippen LogP contribution in [0.3, 0.4) is 0 Å². The largest absolute Gasteiger partial charge is 0.352 e. The monoisotopic (exact) mass is 208 g/mol. The van der Waals surface area contributed by atoms with Gasteiger partial charge in [0.05, 0.1) is 0 Å². The van der Waals surface area contributed by atoms with Crippen molar-refractivity contribution in [3.05, 3.63) is 18.6 Å². The van der Waals surface area contributed by atoms with Crippen molar-refractivity contribution < 1.29 is 0 Å². The third kappa shape index (κ3) is 3.16. The summed E-state index contributed by atoms with van der Waals surface area (Å²) in [5.74, 6) is 0.976. The lowest BCUT2D eigenvalue weighted by molar-refractivity contribution is 0.554. The Morgan fingerprint density at radius 3 is 2.60 bits per heavy atom. The lowest BCUT2D eigenvalue weighted by Gasteiger charge is -2.31. The predicted molar refractivity (Wildman–Crippen MR) is 62.8 cm³/mol. The normalized spacial score (nSPS) is 10.7. The summed E-state index contributed by atoms with van der Waals surface area (Å²) in [7, 11) is 0. The molecule has 2 N–H and O–H groups in total. The van der Waals surface area contributed by atoms with Crippen LogP contribution in [0.4, 0.5) is 5.82 Å². The third-order valence-corrected chi connectivity index (χ3v) is 2.61. The molecule has 1 aromatic heterocycles. The molecule has 1 aromatic rings. The van der Waals surface area contributed by atoms with Crippen LogP contribution in [0.2, 0.25) is 0 Å². The minimum absolute atomic E-state index is 0.517. The van der Waals surface area contributed by atoms with Crippen LogP contribution in [0.1, 0.15) is 26.7 Å². The maximum absolute atomic E-state index is 5.63. The zero-order valence-corrected chi connectivity index (χ0v) is 9.56. The van der Waals surface area contributed by atoms with E-state index in [4.69, 9.17) is 5.73 Å². The van der Waals surface area contributed by atoms with E-state index in [2.05, 4.69) is 28.7 Å². The van der Waals surface area contributed by atoms with Crippen molar-refractivity contribution in [3.8, 4) is 0 Å². The highest BCUT2D eigenvalue weighted by Gasteiger charge is 2.15. The van der Waals surface area contributed by atoms with Gasteiger partial charge in [-0.05, 0) is 18.9 Å². The maximum atomic E-state index is 5.63. The van der Waals surface area contributed by atoms with E-state index in [0.717, 1.165) is 25.2 Å². The second-order valence-corrected chi connectivity index (χ2v) is 3.52. The molecule has 1 rings (SSSR count). The Balaban J connectivity index is 2.81. The molecule has 0 bridgehead atoms. The molecule has 0 atom stereocenters. The van der Waals surface area contributed by atoms with E-state index >= 15 is 0 Å². The molecule has 0 amide bonds. The summed E-state index contributed by atoms with van der Waals surface area (Å²) < 4.78 is 0. The molecule has 84 valence electrons. The van der Waals surface area contributed by atoms with Crippen LogP contribution in [-0.4, -0.2) is 29.1 Å². The third-order valence-electron chi connectivity index (χ3n) is 2.61. The second kappa shape index (κ2) is 6.35. The van der Waals surface area contributed by atoms with E-state index in [-0.39, 0.29) is 0 Å². The topological polar surface area (TPSA) is 55.0 Å². The van der Waals surface area contributed by atoms with Crippen molar-refractivity contribution in [1.29, 1.82) is 0 Å². The van der Waals surface area contributed by atoms with Gasteiger partial charge in [-0.3, -0.25) is 0 Å². The van der Waals surface area contributed by atoms with E-state index in [1.165, 1.54) is 0 Å². The molecule has 0 fully saturated rings. The smallest absolute Gasteiger partial charge is 0.132 e. The first kappa shape index (κ1) is 11.9. The fourth-order valence-electron chi connectivity index (χ4n) is 1.81. The fraction of sp³-hybridized carbons (Fsp3) is 0.636. The minimum Gasteiger partial charge on any atom is -0.352 e. The van der Waals surface area contributed by atoms with Gasteiger partial charge in [-0.1, -0.05) is 13.8 Å². The van der Waals surface area contributed by atoms with Crippen molar-refractivity contribution >= 4 is 5.82 Å². The van der Waals surface area contributed by atoms with Crippen molar-refractivity contribution in [2.45, 2.75) is 32.7 Å². The minimum atomic E-state index is 0.517. The summed E-state index contributed by atoms with van der Waals surface area (Å²) in [4.78, 5) is 10.5. The van der Waals surface area contributed by atoms with Crippen molar-refractivity contribution in [3.63, 3.8) is 0 Å². The standard InChI is InChI=1S/C11H20N4/c1-3-10(4-2)15(8-6-12)11-5-7-13-9-14-11/h5,7,9-10H,3-4,6,8,12H2,1-2H3. The van der Waals surface area contributed by atoms with Crippen LogP contribution in [0.25, 0.3) is 0 Å². The molecule has 0 aliphatic rings. The van der Waals surface area contributed by atoms with Crippen molar-refractivity contribution in [2.75, 3.05) is 18.0 Å². The Morgan fingerprint density at radius 1 is 1.40 bits per heavy atom. The van der Waals surface area contributed by atoms with Crippen LogP contribution in [0, 0.1) is 0 Å². The number of aromatic nitrogens is 2. The fourth-order valence-corrected chi connectivity index (χ4v) is 1.81. The van der Waals surface area contributed by atoms with E-state index in [1.54, 1.807) is 12.5 Å². The van der Waals surface area contributed by atoms with Crippen LogP contribution >= 0.6 is 0 Å². The molecule has 15 heavy (non-hydrogen) atoms. The second-order valence-electron chi connectivity index (χ2n) is 3.52. The number of hydrogen-bond donors (Lipinski definition) is 1. The van der Waals surface area contributed by atoms with Gasteiger partial charge >= 0.3 is 0 Å². The number of hydrogen-bond acceptors (Lipinski definition) is 4. The first-order chi connectivity index (χ1) is 7.33. The average molecular weight is 208 g/mol. The Bertz CT molecular complexity index is 259. The van der Waals surface area contributed by atoms with Crippen LogP contribution < -0.4 is 10.6 Å². The number of rotatable bonds is 6. The lowest BCUT2D eigenvalue weighted by Crippen LogP contribution is -2.38. The van der Waals surface area contributed by atoms with Crippen LogP contribution in [0.5, 0.6) is 0 Å². The summed E-state index contributed by atoms with van der Waals surface area (Å²) in [6.45, 7) is 5.89. The van der Waals surface area contributed by atoms with E-state index in [0.29, 0.717) is 12.6 Å². The molecule has 0 aliphatic heterocycles. The molecule has 0 radical (unpaired) electrons. The average Bonchev–Trinajstić information content (AvgIpc) is 2.30. The summed E-state index contributed by atoms with van der Waals surface area (Å²) >= 11 is 0. The molecule has 0 spiro atoms. The number of nitrogens with zero attached hydrogens (tertiary/aromatic N) is 3. The zero-order valence-electron chi connectivity index (χ0n) is 9.56. The highest BCUT2D eigenvalue weighted by molar-refractivity contribution is 5.37. The van der Waals surface area contributed by atoms with Gasteiger partial charge in [-0.25, -0.2) is 9.97 Å². The first-order valence-corrected chi connectivity index (χ1v) is 5.56. The molecule has 0 aliphatic carbocycles. The van der Waals surface area contributed by atoms with Gasteiger partial charge in [0.2, 0.25) is 0 Å². The number of nitrogens with two attached hydrogens (primary N) is 1. The molecular formula is C11H20N4. The first-order valence-electron chi connectivity index (χ1n) is 5.56. The Morgan fingerprint density at radius 2 is 2.13 bits per heavy atom. The Labute approximate surface area is 91.5 Å². The SMILES string of the molecule is CCC(CC)N(CCN)c1ccncn1.